The Morgan fingerprint density at radius 2 is 1.77 bits per heavy atom. The highest BCUT2D eigenvalue weighted by Crippen LogP contribution is 2.32. The van der Waals surface area contributed by atoms with E-state index in [0.29, 0.717) is 22.2 Å². The van der Waals surface area contributed by atoms with Crippen LogP contribution in [0.1, 0.15) is 19.3 Å². The summed E-state index contributed by atoms with van der Waals surface area (Å²) in [7, 11) is 0. The smallest absolute Gasteiger partial charge is 0.229 e. The van der Waals surface area contributed by atoms with Crippen molar-refractivity contribution in [3.05, 3.63) is 53.6 Å². The average molecular weight is 373 g/mol. The number of imide groups is 1. The minimum Gasteiger partial charge on any atom is -0.455 e. The molecule has 0 atom stereocenters. The van der Waals surface area contributed by atoms with Gasteiger partial charge in [-0.1, -0.05) is 29.8 Å². The zero-order chi connectivity index (χ0) is 18.5. The van der Waals surface area contributed by atoms with Crippen LogP contribution in [0.5, 0.6) is 11.5 Å². The molecule has 0 radical (unpaired) electrons. The van der Waals surface area contributed by atoms with Crippen LogP contribution in [0.2, 0.25) is 5.02 Å². The van der Waals surface area contributed by atoms with Gasteiger partial charge in [0.25, 0.3) is 0 Å². The molecule has 2 aromatic carbocycles. The monoisotopic (exact) mass is 372 g/mol. The molecule has 0 bridgehead atoms. The number of para-hydroxylation sites is 1. The summed E-state index contributed by atoms with van der Waals surface area (Å²) in [6, 6.07) is 14.1. The first kappa shape index (κ1) is 17.9. The highest BCUT2D eigenvalue weighted by Gasteiger charge is 2.28. The van der Waals surface area contributed by atoms with E-state index >= 15 is 0 Å². The lowest BCUT2D eigenvalue weighted by Gasteiger charge is -2.15. The third-order valence-electron chi connectivity index (χ3n) is 3.90. The maximum Gasteiger partial charge on any atom is 0.229 e. The van der Waals surface area contributed by atoms with Crippen LogP contribution < -0.4 is 10.1 Å². The third-order valence-corrected chi connectivity index (χ3v) is 4.14. The van der Waals surface area contributed by atoms with Gasteiger partial charge in [-0.2, -0.15) is 0 Å². The summed E-state index contributed by atoms with van der Waals surface area (Å²) < 4.78 is 5.79. The average Bonchev–Trinajstić information content (AvgIpc) is 2.94. The topological polar surface area (TPSA) is 75.7 Å². The van der Waals surface area contributed by atoms with Crippen LogP contribution in [0.4, 0.5) is 5.69 Å². The van der Waals surface area contributed by atoms with Gasteiger partial charge in [-0.25, -0.2) is 0 Å². The Kier molecular flexibility index (Phi) is 5.53. The van der Waals surface area contributed by atoms with Crippen LogP contribution in [0.15, 0.2) is 48.5 Å². The van der Waals surface area contributed by atoms with Crippen molar-refractivity contribution in [3.63, 3.8) is 0 Å². The van der Waals surface area contributed by atoms with Gasteiger partial charge in [-0.05, 0) is 30.3 Å². The first-order valence-corrected chi connectivity index (χ1v) is 8.56. The molecule has 7 heteroatoms. The predicted octanol–water partition coefficient (Wildman–Crippen LogP) is 3.61. The second kappa shape index (κ2) is 8.01. The van der Waals surface area contributed by atoms with Gasteiger partial charge in [-0.15, -0.1) is 0 Å². The molecule has 0 saturated carbocycles. The van der Waals surface area contributed by atoms with Gasteiger partial charge in [0.15, 0.2) is 5.75 Å². The van der Waals surface area contributed by atoms with E-state index in [2.05, 4.69) is 5.32 Å². The van der Waals surface area contributed by atoms with Gasteiger partial charge in [-0.3, -0.25) is 19.3 Å². The molecular formula is C19H17ClN2O4. The summed E-state index contributed by atoms with van der Waals surface area (Å²) in [4.78, 5) is 36.6. The fourth-order valence-corrected chi connectivity index (χ4v) is 2.77. The summed E-state index contributed by atoms with van der Waals surface area (Å²) in [5.41, 5.74) is 0.422. The maximum absolute atomic E-state index is 12.2. The Hall–Kier alpha value is -2.86. The molecule has 2 aromatic rings. The number of nitrogens with one attached hydrogen (secondary N) is 1. The Balaban J connectivity index is 1.66. The van der Waals surface area contributed by atoms with Gasteiger partial charge in [0.2, 0.25) is 17.7 Å². The van der Waals surface area contributed by atoms with Crippen molar-refractivity contribution in [3.8, 4) is 11.5 Å². The molecule has 1 N–H and O–H groups in total. The number of rotatable bonds is 6. The molecule has 26 heavy (non-hydrogen) atoms. The van der Waals surface area contributed by atoms with E-state index < -0.39 is 0 Å². The largest absolute Gasteiger partial charge is 0.455 e. The third kappa shape index (κ3) is 4.40. The van der Waals surface area contributed by atoms with Crippen molar-refractivity contribution in [1.29, 1.82) is 0 Å². The Morgan fingerprint density at radius 1 is 1.08 bits per heavy atom. The number of nitrogens with zero attached hydrogens (tertiary/aromatic N) is 1. The molecule has 0 aliphatic carbocycles. The molecule has 1 fully saturated rings. The molecule has 1 aliphatic rings. The van der Waals surface area contributed by atoms with E-state index in [-0.39, 0.29) is 43.5 Å². The number of ether oxygens (including phenoxy) is 1. The highest BCUT2D eigenvalue weighted by atomic mass is 35.5. The molecular weight excluding hydrogens is 356 g/mol. The van der Waals surface area contributed by atoms with Crippen molar-refractivity contribution in [2.45, 2.75) is 19.3 Å². The van der Waals surface area contributed by atoms with Crippen LogP contribution in [-0.4, -0.2) is 29.2 Å². The van der Waals surface area contributed by atoms with Gasteiger partial charge >= 0.3 is 0 Å². The fourth-order valence-electron chi connectivity index (χ4n) is 2.60. The van der Waals surface area contributed by atoms with Crippen molar-refractivity contribution in [2.24, 2.45) is 0 Å². The first-order valence-electron chi connectivity index (χ1n) is 8.18. The lowest BCUT2D eigenvalue weighted by Crippen LogP contribution is -2.32. The molecule has 1 saturated heterocycles. The van der Waals surface area contributed by atoms with E-state index in [1.807, 2.05) is 18.2 Å². The number of hydrogen-bond acceptors (Lipinski definition) is 4. The SMILES string of the molecule is O=C(CCN1C(=O)CCC1=O)Nc1cc(Cl)ccc1Oc1ccccc1. The van der Waals surface area contributed by atoms with E-state index in [4.69, 9.17) is 16.3 Å². The molecule has 3 amide bonds. The predicted molar refractivity (Wildman–Crippen MR) is 97.2 cm³/mol. The van der Waals surface area contributed by atoms with Gasteiger partial charge in [0.05, 0.1) is 5.69 Å². The number of carbonyl (C=O) groups is 3. The Bertz CT molecular complexity index is 823. The summed E-state index contributed by atoms with van der Waals surface area (Å²) >= 11 is 6.02. The van der Waals surface area contributed by atoms with E-state index in [1.54, 1.807) is 30.3 Å². The number of likely N-dealkylation sites (tertiary alicyclic amines) is 1. The number of halogens is 1. The van der Waals surface area contributed by atoms with Crippen molar-refractivity contribution >= 4 is 35.0 Å². The second-order valence-electron chi connectivity index (χ2n) is 5.79. The second-order valence-corrected chi connectivity index (χ2v) is 6.23. The Morgan fingerprint density at radius 3 is 2.46 bits per heavy atom. The van der Waals surface area contributed by atoms with Crippen LogP contribution in [0.3, 0.4) is 0 Å². The van der Waals surface area contributed by atoms with Crippen LogP contribution >= 0.6 is 11.6 Å². The lowest BCUT2D eigenvalue weighted by molar-refractivity contribution is -0.138. The standard InChI is InChI=1S/C19H17ClN2O4/c20-13-6-7-16(26-14-4-2-1-3-5-14)15(12-13)21-17(23)10-11-22-18(24)8-9-19(22)25/h1-7,12H,8-11H2,(H,21,23). The molecule has 134 valence electrons. The minimum absolute atomic E-state index is 0.00870. The molecule has 0 aromatic heterocycles. The fraction of sp³-hybridized carbons (Fsp3) is 0.211. The van der Waals surface area contributed by atoms with Crippen molar-refractivity contribution in [1.82, 2.24) is 4.90 Å². The summed E-state index contributed by atoms with van der Waals surface area (Å²) in [6.07, 6.45) is 0.433. The molecule has 3 rings (SSSR count). The van der Waals surface area contributed by atoms with Gasteiger partial charge in [0.1, 0.15) is 5.75 Å². The van der Waals surface area contributed by atoms with Crippen LogP contribution in [0.25, 0.3) is 0 Å². The maximum atomic E-state index is 12.2. The number of hydrogen-bond donors (Lipinski definition) is 1. The van der Waals surface area contributed by atoms with E-state index in [9.17, 15) is 14.4 Å². The summed E-state index contributed by atoms with van der Waals surface area (Å²) in [5, 5.41) is 3.18. The first-order chi connectivity index (χ1) is 12.5. The molecule has 0 spiro atoms. The molecule has 0 unspecified atom stereocenters. The number of carbonyl (C=O) groups excluding carboxylic acids is 3. The number of anilines is 1. The summed E-state index contributed by atoms with van der Waals surface area (Å²) in [5.74, 6) is 0.260. The minimum atomic E-state index is -0.335. The van der Waals surface area contributed by atoms with Gasteiger partial charge < -0.3 is 10.1 Å². The van der Waals surface area contributed by atoms with Crippen molar-refractivity contribution in [2.75, 3.05) is 11.9 Å². The normalized spacial score (nSPS) is 13.8. The van der Waals surface area contributed by atoms with Crippen molar-refractivity contribution < 1.29 is 19.1 Å². The zero-order valence-corrected chi connectivity index (χ0v) is 14.7. The lowest BCUT2D eigenvalue weighted by atomic mass is 10.2. The van der Waals surface area contributed by atoms with Gasteiger partial charge in [0, 0.05) is 30.8 Å². The molecule has 6 nitrogen and oxygen atoms in total. The number of benzene rings is 2. The van der Waals surface area contributed by atoms with E-state index in [1.165, 1.54) is 0 Å². The number of amides is 3. The van der Waals surface area contributed by atoms with Crippen LogP contribution in [0, 0.1) is 0 Å². The zero-order valence-electron chi connectivity index (χ0n) is 13.9. The molecule has 1 aliphatic heterocycles. The Labute approximate surface area is 155 Å². The highest BCUT2D eigenvalue weighted by molar-refractivity contribution is 6.31. The van der Waals surface area contributed by atoms with Crippen LogP contribution in [-0.2, 0) is 14.4 Å². The molecule has 1 heterocycles. The quantitative estimate of drug-likeness (QED) is 0.786. The van der Waals surface area contributed by atoms with E-state index in [0.717, 1.165) is 4.90 Å². The summed E-state index contributed by atoms with van der Waals surface area (Å²) in [6.45, 7) is 0.0684.